The average Bonchev–Trinajstić information content (AvgIpc) is 2.82. The molecule has 2 aromatic carbocycles. The molecule has 3 aromatic rings. The number of hydrogen-bond acceptors (Lipinski definition) is 2. The summed E-state index contributed by atoms with van der Waals surface area (Å²) in [6, 6.07) is 16.0. The highest BCUT2D eigenvalue weighted by Crippen LogP contribution is 2.18. The van der Waals surface area contributed by atoms with Crippen LogP contribution in [0.3, 0.4) is 0 Å². The summed E-state index contributed by atoms with van der Waals surface area (Å²) in [5.74, 6) is 0. The molecule has 0 unspecified atom stereocenters. The minimum absolute atomic E-state index is 0.0500. The van der Waals surface area contributed by atoms with Crippen LogP contribution < -0.4 is 0 Å². The zero-order valence-electron chi connectivity index (χ0n) is 9.95. The monoisotopic (exact) mass is 238 g/mol. The van der Waals surface area contributed by atoms with Crippen molar-refractivity contribution >= 4 is 10.9 Å². The van der Waals surface area contributed by atoms with Crippen LogP contribution in [-0.4, -0.2) is 14.9 Å². The summed E-state index contributed by atoms with van der Waals surface area (Å²) < 4.78 is 1.92. The highest BCUT2D eigenvalue weighted by molar-refractivity contribution is 5.81. The normalized spacial score (nSPS) is 10.9. The van der Waals surface area contributed by atoms with Crippen molar-refractivity contribution in [3.63, 3.8) is 0 Å². The number of nitrogens with zero attached hydrogens (tertiary/aromatic N) is 2. The van der Waals surface area contributed by atoms with Gasteiger partial charge in [-0.1, -0.05) is 42.5 Å². The number of benzene rings is 2. The molecule has 3 nitrogen and oxygen atoms in total. The Hall–Kier alpha value is -2.13. The topological polar surface area (TPSA) is 38.1 Å². The number of fused-ring (bicyclic) bond motifs is 1. The Morgan fingerprint density at radius 1 is 1.00 bits per heavy atom. The molecule has 1 heterocycles. The zero-order chi connectivity index (χ0) is 12.4. The molecular weight excluding hydrogens is 224 g/mol. The molecule has 18 heavy (non-hydrogen) atoms. The number of aliphatic hydroxyl groups excluding tert-OH is 1. The second-order valence-corrected chi connectivity index (χ2v) is 4.32. The second-order valence-electron chi connectivity index (χ2n) is 4.32. The summed E-state index contributed by atoms with van der Waals surface area (Å²) in [6.07, 6.45) is 1.99. The van der Waals surface area contributed by atoms with E-state index in [1.807, 2.05) is 47.3 Å². The van der Waals surface area contributed by atoms with Crippen LogP contribution in [0, 0.1) is 0 Å². The standard InChI is InChI=1S/C15H14N2O/c18-11-13-7-4-8-15-14(13)10-17(16-15)9-12-5-2-1-3-6-12/h1-8,10,18H,9,11H2. The van der Waals surface area contributed by atoms with Crippen molar-refractivity contribution in [2.24, 2.45) is 0 Å². The molecule has 0 saturated carbocycles. The quantitative estimate of drug-likeness (QED) is 0.761. The molecule has 0 aliphatic rings. The van der Waals surface area contributed by atoms with Crippen molar-refractivity contribution in [1.29, 1.82) is 0 Å². The molecular formula is C15H14N2O. The summed E-state index contributed by atoms with van der Waals surface area (Å²) in [4.78, 5) is 0. The van der Waals surface area contributed by atoms with Crippen molar-refractivity contribution < 1.29 is 5.11 Å². The molecule has 0 spiro atoms. The van der Waals surface area contributed by atoms with Crippen molar-refractivity contribution in [2.45, 2.75) is 13.2 Å². The average molecular weight is 238 g/mol. The fourth-order valence-electron chi connectivity index (χ4n) is 2.14. The van der Waals surface area contributed by atoms with Crippen LogP contribution in [0.25, 0.3) is 10.9 Å². The Morgan fingerprint density at radius 3 is 2.61 bits per heavy atom. The Labute approximate surface area is 105 Å². The van der Waals surface area contributed by atoms with E-state index in [1.54, 1.807) is 0 Å². The fraction of sp³-hybridized carbons (Fsp3) is 0.133. The van der Waals surface area contributed by atoms with Gasteiger partial charge in [0.2, 0.25) is 0 Å². The van der Waals surface area contributed by atoms with Crippen LogP contribution in [0.15, 0.2) is 54.7 Å². The van der Waals surface area contributed by atoms with Crippen molar-refractivity contribution in [1.82, 2.24) is 9.78 Å². The Bertz CT molecular complexity index is 659. The van der Waals surface area contributed by atoms with Crippen molar-refractivity contribution in [3.05, 3.63) is 65.9 Å². The van der Waals surface area contributed by atoms with Crippen LogP contribution in [-0.2, 0) is 13.2 Å². The lowest BCUT2D eigenvalue weighted by Crippen LogP contribution is -1.99. The largest absolute Gasteiger partial charge is 0.392 e. The Balaban J connectivity index is 1.99. The minimum atomic E-state index is 0.0500. The Kier molecular flexibility index (Phi) is 2.82. The lowest BCUT2D eigenvalue weighted by atomic mass is 10.1. The molecule has 1 N–H and O–H groups in total. The van der Waals surface area contributed by atoms with Crippen LogP contribution >= 0.6 is 0 Å². The van der Waals surface area contributed by atoms with Crippen molar-refractivity contribution in [2.75, 3.05) is 0 Å². The van der Waals surface area contributed by atoms with Crippen LogP contribution in [0.1, 0.15) is 11.1 Å². The van der Waals surface area contributed by atoms with E-state index in [1.165, 1.54) is 5.56 Å². The van der Waals surface area contributed by atoms with Gasteiger partial charge >= 0.3 is 0 Å². The van der Waals surface area contributed by atoms with Gasteiger partial charge in [-0.25, -0.2) is 0 Å². The van der Waals surface area contributed by atoms with E-state index in [4.69, 9.17) is 0 Å². The number of aliphatic hydroxyl groups is 1. The highest BCUT2D eigenvalue weighted by Gasteiger charge is 2.05. The van der Waals surface area contributed by atoms with Crippen LogP contribution in [0.4, 0.5) is 0 Å². The maximum Gasteiger partial charge on any atom is 0.0927 e. The maximum absolute atomic E-state index is 9.30. The van der Waals surface area contributed by atoms with Gasteiger partial charge in [0.05, 0.1) is 18.7 Å². The lowest BCUT2D eigenvalue weighted by Gasteiger charge is -2.00. The molecule has 0 amide bonds. The molecule has 0 aliphatic carbocycles. The molecule has 0 aliphatic heterocycles. The van der Waals surface area contributed by atoms with E-state index in [9.17, 15) is 5.11 Å². The van der Waals surface area contributed by atoms with E-state index in [2.05, 4.69) is 17.2 Å². The molecule has 0 fully saturated rings. The summed E-state index contributed by atoms with van der Waals surface area (Å²) in [7, 11) is 0. The zero-order valence-corrected chi connectivity index (χ0v) is 9.95. The molecule has 0 atom stereocenters. The predicted molar refractivity (Wildman–Crippen MR) is 71.2 cm³/mol. The molecule has 0 bridgehead atoms. The van der Waals surface area contributed by atoms with Gasteiger partial charge in [-0.3, -0.25) is 4.68 Å². The van der Waals surface area contributed by atoms with Gasteiger partial charge in [-0.05, 0) is 17.2 Å². The Morgan fingerprint density at radius 2 is 1.83 bits per heavy atom. The van der Waals surface area contributed by atoms with Gasteiger partial charge in [0, 0.05) is 11.6 Å². The SMILES string of the molecule is OCc1cccc2nn(Cc3ccccc3)cc12. The maximum atomic E-state index is 9.30. The van der Waals surface area contributed by atoms with E-state index in [0.717, 1.165) is 23.0 Å². The summed E-state index contributed by atoms with van der Waals surface area (Å²) in [5.41, 5.74) is 3.07. The number of rotatable bonds is 3. The first-order valence-corrected chi connectivity index (χ1v) is 5.96. The third-order valence-electron chi connectivity index (χ3n) is 3.05. The van der Waals surface area contributed by atoms with E-state index in [0.29, 0.717) is 0 Å². The van der Waals surface area contributed by atoms with E-state index < -0.39 is 0 Å². The van der Waals surface area contributed by atoms with Gasteiger partial charge in [0.1, 0.15) is 0 Å². The molecule has 3 heteroatoms. The molecule has 1 aromatic heterocycles. The first-order valence-electron chi connectivity index (χ1n) is 5.96. The van der Waals surface area contributed by atoms with E-state index in [-0.39, 0.29) is 6.61 Å². The molecule has 3 rings (SSSR count). The van der Waals surface area contributed by atoms with Crippen LogP contribution in [0.2, 0.25) is 0 Å². The number of aromatic nitrogens is 2. The summed E-state index contributed by atoms with van der Waals surface area (Å²) >= 11 is 0. The van der Waals surface area contributed by atoms with Gasteiger partial charge in [0.25, 0.3) is 0 Å². The second kappa shape index (κ2) is 4.63. The minimum Gasteiger partial charge on any atom is -0.392 e. The summed E-state index contributed by atoms with van der Waals surface area (Å²) in [6.45, 7) is 0.800. The lowest BCUT2D eigenvalue weighted by molar-refractivity contribution is 0.283. The van der Waals surface area contributed by atoms with Crippen LogP contribution in [0.5, 0.6) is 0 Å². The number of hydrogen-bond donors (Lipinski definition) is 1. The molecule has 90 valence electrons. The third-order valence-corrected chi connectivity index (χ3v) is 3.05. The van der Waals surface area contributed by atoms with Gasteiger partial charge < -0.3 is 5.11 Å². The van der Waals surface area contributed by atoms with E-state index >= 15 is 0 Å². The predicted octanol–water partition coefficient (Wildman–Crippen LogP) is 2.58. The molecule has 0 radical (unpaired) electrons. The highest BCUT2D eigenvalue weighted by atomic mass is 16.3. The third kappa shape index (κ3) is 2.00. The summed E-state index contributed by atoms with van der Waals surface area (Å²) in [5, 5.41) is 14.8. The fourth-order valence-corrected chi connectivity index (χ4v) is 2.14. The van der Waals surface area contributed by atoms with Gasteiger partial charge in [0.15, 0.2) is 0 Å². The van der Waals surface area contributed by atoms with Crippen molar-refractivity contribution in [3.8, 4) is 0 Å². The van der Waals surface area contributed by atoms with Gasteiger partial charge in [-0.15, -0.1) is 0 Å². The first-order chi connectivity index (χ1) is 8.86. The molecule has 0 saturated heterocycles. The smallest absolute Gasteiger partial charge is 0.0927 e. The first kappa shape index (κ1) is 11.0. The van der Waals surface area contributed by atoms with Gasteiger partial charge in [-0.2, -0.15) is 5.10 Å².